The zero-order chi connectivity index (χ0) is 11.8. The minimum Gasteiger partial charge on any atom is -0.478 e. The predicted octanol–water partition coefficient (Wildman–Crippen LogP) is 3.29. The molecule has 0 aliphatic heterocycles. The van der Waals surface area contributed by atoms with Gasteiger partial charge in [-0.05, 0) is 24.5 Å². The quantitative estimate of drug-likeness (QED) is 0.719. The minimum absolute atomic E-state index is 0.394. The van der Waals surface area contributed by atoms with Gasteiger partial charge >= 0.3 is 5.97 Å². The number of pyridine rings is 1. The number of aromatic carboxylic acids is 1. The number of carboxylic acids is 1. The first kappa shape index (κ1) is 12.7. The van der Waals surface area contributed by atoms with Gasteiger partial charge in [0.25, 0.3) is 0 Å². The Hall–Kier alpha value is -1.38. The molecule has 16 heavy (non-hydrogen) atoms. The largest absolute Gasteiger partial charge is 0.478 e. The van der Waals surface area contributed by atoms with E-state index >= 15 is 0 Å². The summed E-state index contributed by atoms with van der Waals surface area (Å²) in [5.74, 6) is -0.856. The van der Waals surface area contributed by atoms with Crippen molar-refractivity contribution in [3.05, 3.63) is 29.6 Å². The van der Waals surface area contributed by atoms with Gasteiger partial charge in [0.1, 0.15) is 0 Å². The van der Waals surface area contributed by atoms with E-state index in [4.69, 9.17) is 5.11 Å². The lowest BCUT2D eigenvalue weighted by atomic mass is 10.0. The van der Waals surface area contributed by atoms with Crippen LogP contribution in [0.15, 0.2) is 18.5 Å². The van der Waals surface area contributed by atoms with Crippen LogP contribution < -0.4 is 0 Å². The summed E-state index contributed by atoms with van der Waals surface area (Å²) in [6, 6.07) is 1.57. The highest BCUT2D eigenvalue weighted by Crippen LogP contribution is 2.12. The molecule has 1 N–H and O–H groups in total. The van der Waals surface area contributed by atoms with E-state index in [1.807, 2.05) is 0 Å². The summed E-state index contributed by atoms with van der Waals surface area (Å²) in [6.45, 7) is 2.18. The van der Waals surface area contributed by atoms with Crippen molar-refractivity contribution in [1.29, 1.82) is 0 Å². The molecular formula is C13H19NO2. The van der Waals surface area contributed by atoms with Crippen LogP contribution in [0.25, 0.3) is 0 Å². The summed E-state index contributed by atoms with van der Waals surface area (Å²) in [5, 5.41) is 8.98. The molecule has 0 amide bonds. The third-order valence-corrected chi connectivity index (χ3v) is 2.68. The molecule has 0 aliphatic rings. The average Bonchev–Trinajstić information content (AvgIpc) is 2.29. The van der Waals surface area contributed by atoms with Crippen LogP contribution >= 0.6 is 0 Å². The lowest BCUT2D eigenvalue weighted by molar-refractivity contribution is 0.0695. The van der Waals surface area contributed by atoms with Gasteiger partial charge in [-0.3, -0.25) is 4.98 Å². The van der Waals surface area contributed by atoms with Crippen LogP contribution in [0.4, 0.5) is 0 Å². The highest BCUT2D eigenvalue weighted by molar-refractivity contribution is 5.89. The van der Waals surface area contributed by atoms with Gasteiger partial charge in [0, 0.05) is 12.4 Å². The maximum atomic E-state index is 10.9. The van der Waals surface area contributed by atoms with Crippen LogP contribution in [0.2, 0.25) is 0 Å². The zero-order valence-electron chi connectivity index (χ0n) is 9.78. The van der Waals surface area contributed by atoms with Crippen LogP contribution in [0.1, 0.15) is 54.9 Å². The SMILES string of the molecule is CCCCCCCc1cnccc1C(=O)O. The molecular weight excluding hydrogens is 202 g/mol. The van der Waals surface area contributed by atoms with Gasteiger partial charge in [-0.25, -0.2) is 4.79 Å². The summed E-state index contributed by atoms with van der Waals surface area (Å²) in [5.41, 5.74) is 1.25. The molecule has 1 aromatic rings. The Kier molecular flexibility index (Phi) is 5.54. The summed E-state index contributed by atoms with van der Waals surface area (Å²) in [4.78, 5) is 14.9. The van der Waals surface area contributed by atoms with E-state index in [1.165, 1.54) is 31.9 Å². The number of carboxylic acid groups (broad SMARTS) is 1. The van der Waals surface area contributed by atoms with Gasteiger partial charge in [0.05, 0.1) is 5.56 Å². The Bertz CT molecular complexity index is 336. The second-order valence-electron chi connectivity index (χ2n) is 4.00. The first-order valence-corrected chi connectivity index (χ1v) is 5.92. The monoisotopic (exact) mass is 221 g/mol. The second kappa shape index (κ2) is 6.99. The highest BCUT2D eigenvalue weighted by Gasteiger charge is 2.08. The highest BCUT2D eigenvalue weighted by atomic mass is 16.4. The number of aromatic nitrogens is 1. The van der Waals surface area contributed by atoms with E-state index in [9.17, 15) is 4.79 Å². The molecule has 0 aliphatic carbocycles. The molecule has 88 valence electrons. The maximum Gasteiger partial charge on any atom is 0.336 e. The molecule has 3 heteroatoms. The first-order valence-electron chi connectivity index (χ1n) is 5.92. The topological polar surface area (TPSA) is 50.2 Å². The first-order chi connectivity index (χ1) is 7.75. The fourth-order valence-corrected chi connectivity index (χ4v) is 1.75. The van der Waals surface area contributed by atoms with Gasteiger partial charge in [-0.1, -0.05) is 32.6 Å². The fourth-order valence-electron chi connectivity index (χ4n) is 1.75. The number of nitrogens with zero attached hydrogens (tertiary/aromatic N) is 1. The minimum atomic E-state index is -0.856. The van der Waals surface area contributed by atoms with Crippen LogP contribution in [0.3, 0.4) is 0 Å². The van der Waals surface area contributed by atoms with Crippen molar-refractivity contribution in [2.24, 2.45) is 0 Å². The van der Waals surface area contributed by atoms with E-state index in [0.717, 1.165) is 18.4 Å². The number of unbranched alkanes of at least 4 members (excludes halogenated alkanes) is 4. The lowest BCUT2D eigenvalue weighted by Gasteiger charge is -2.04. The lowest BCUT2D eigenvalue weighted by Crippen LogP contribution is -2.03. The number of aryl methyl sites for hydroxylation is 1. The standard InChI is InChI=1S/C13H19NO2/c1-2-3-4-5-6-7-11-10-14-9-8-12(11)13(15)16/h8-10H,2-7H2,1H3,(H,15,16). The van der Waals surface area contributed by atoms with Crippen LogP contribution in [-0.2, 0) is 6.42 Å². The zero-order valence-corrected chi connectivity index (χ0v) is 9.78. The second-order valence-corrected chi connectivity index (χ2v) is 4.00. The fraction of sp³-hybridized carbons (Fsp3) is 0.538. The molecule has 0 saturated heterocycles. The van der Waals surface area contributed by atoms with Crippen molar-refractivity contribution < 1.29 is 9.90 Å². The van der Waals surface area contributed by atoms with E-state index in [-0.39, 0.29) is 0 Å². The molecule has 3 nitrogen and oxygen atoms in total. The molecule has 0 radical (unpaired) electrons. The molecule has 0 aromatic carbocycles. The average molecular weight is 221 g/mol. The number of carbonyl (C=O) groups is 1. The summed E-state index contributed by atoms with van der Waals surface area (Å²) >= 11 is 0. The third-order valence-electron chi connectivity index (χ3n) is 2.68. The van der Waals surface area contributed by atoms with Gasteiger partial charge in [0.2, 0.25) is 0 Å². The molecule has 0 unspecified atom stereocenters. The van der Waals surface area contributed by atoms with E-state index in [0.29, 0.717) is 5.56 Å². The van der Waals surface area contributed by atoms with Crippen molar-refractivity contribution in [2.75, 3.05) is 0 Å². The molecule has 0 spiro atoms. The smallest absolute Gasteiger partial charge is 0.336 e. The third kappa shape index (κ3) is 4.01. The Morgan fingerprint density at radius 3 is 2.75 bits per heavy atom. The van der Waals surface area contributed by atoms with Crippen LogP contribution in [0.5, 0.6) is 0 Å². The Labute approximate surface area is 96.5 Å². The molecule has 0 bridgehead atoms. The summed E-state index contributed by atoms with van der Waals surface area (Å²) < 4.78 is 0. The molecule has 1 rings (SSSR count). The Balaban J connectivity index is 2.44. The van der Waals surface area contributed by atoms with E-state index < -0.39 is 5.97 Å². The molecule has 0 saturated carbocycles. The summed E-state index contributed by atoms with van der Waals surface area (Å²) in [7, 11) is 0. The van der Waals surface area contributed by atoms with Crippen molar-refractivity contribution in [1.82, 2.24) is 4.98 Å². The van der Waals surface area contributed by atoms with Gasteiger partial charge in [-0.2, -0.15) is 0 Å². The summed E-state index contributed by atoms with van der Waals surface area (Å²) in [6.07, 6.45) is 9.96. The van der Waals surface area contributed by atoms with Crippen molar-refractivity contribution in [3.63, 3.8) is 0 Å². The molecule has 0 atom stereocenters. The molecule has 1 heterocycles. The van der Waals surface area contributed by atoms with E-state index in [1.54, 1.807) is 12.3 Å². The number of rotatable bonds is 7. The normalized spacial score (nSPS) is 10.3. The maximum absolute atomic E-state index is 10.9. The molecule has 1 aromatic heterocycles. The van der Waals surface area contributed by atoms with E-state index in [2.05, 4.69) is 11.9 Å². The number of hydrogen-bond donors (Lipinski definition) is 1. The predicted molar refractivity (Wildman–Crippen MR) is 63.7 cm³/mol. The van der Waals surface area contributed by atoms with Crippen molar-refractivity contribution in [2.45, 2.75) is 45.4 Å². The Morgan fingerprint density at radius 2 is 2.06 bits per heavy atom. The number of hydrogen-bond acceptors (Lipinski definition) is 2. The van der Waals surface area contributed by atoms with Gasteiger partial charge in [0.15, 0.2) is 0 Å². The van der Waals surface area contributed by atoms with Gasteiger partial charge < -0.3 is 5.11 Å². The van der Waals surface area contributed by atoms with Crippen LogP contribution in [0, 0.1) is 0 Å². The molecule has 0 fully saturated rings. The van der Waals surface area contributed by atoms with Gasteiger partial charge in [-0.15, -0.1) is 0 Å². The van der Waals surface area contributed by atoms with Crippen molar-refractivity contribution in [3.8, 4) is 0 Å². The van der Waals surface area contributed by atoms with Crippen LogP contribution in [-0.4, -0.2) is 16.1 Å². The Morgan fingerprint density at radius 1 is 1.31 bits per heavy atom. The van der Waals surface area contributed by atoms with Crippen molar-refractivity contribution >= 4 is 5.97 Å².